The number of carbonyl (C=O) groups is 3. The second-order valence-corrected chi connectivity index (χ2v) is 8.31. The molecule has 152 valence electrons. The number of hydrogen-bond donors (Lipinski definition) is 0. The smallest absolute Gasteiger partial charge is 0.411 e. The molecule has 2 heterocycles. The molecule has 1 saturated heterocycles. The lowest BCUT2D eigenvalue weighted by molar-refractivity contribution is -0.153. The highest BCUT2D eigenvalue weighted by atomic mass is 16.6. The van der Waals surface area contributed by atoms with Gasteiger partial charge >= 0.3 is 12.1 Å². The number of ether oxygens (including phenoxy) is 2. The van der Waals surface area contributed by atoms with Gasteiger partial charge in [0.2, 0.25) is 5.91 Å². The first-order chi connectivity index (χ1) is 13.2. The number of esters is 1. The molecule has 1 unspecified atom stereocenters. The number of likely N-dealkylation sites (tertiary alicyclic amines) is 1. The first-order valence-electron chi connectivity index (χ1n) is 9.66. The zero-order valence-electron chi connectivity index (χ0n) is 16.9. The van der Waals surface area contributed by atoms with Gasteiger partial charge in [0.25, 0.3) is 0 Å². The van der Waals surface area contributed by atoms with E-state index in [4.69, 9.17) is 9.47 Å². The minimum atomic E-state index is -0.699. The number of rotatable bonds is 2. The van der Waals surface area contributed by atoms with Crippen molar-refractivity contribution in [2.45, 2.75) is 64.3 Å². The molecule has 0 N–H and O–H groups in total. The summed E-state index contributed by atoms with van der Waals surface area (Å²) in [5.74, 6) is -0.640. The Kier molecular flexibility index (Phi) is 5.63. The Morgan fingerprint density at radius 2 is 1.71 bits per heavy atom. The van der Waals surface area contributed by atoms with Crippen molar-refractivity contribution in [3.05, 3.63) is 35.4 Å². The van der Waals surface area contributed by atoms with Crippen molar-refractivity contribution >= 4 is 18.0 Å². The topological polar surface area (TPSA) is 76.2 Å². The van der Waals surface area contributed by atoms with Crippen LogP contribution in [0.2, 0.25) is 0 Å². The fourth-order valence-electron chi connectivity index (χ4n) is 3.86. The second-order valence-electron chi connectivity index (χ2n) is 8.31. The molecule has 2 atom stereocenters. The molecule has 0 saturated carbocycles. The molecule has 1 aromatic carbocycles. The fraction of sp³-hybridized carbons (Fsp3) is 0.571. The summed E-state index contributed by atoms with van der Waals surface area (Å²) >= 11 is 0. The van der Waals surface area contributed by atoms with Gasteiger partial charge in [-0.2, -0.15) is 0 Å². The van der Waals surface area contributed by atoms with Crippen LogP contribution < -0.4 is 0 Å². The lowest BCUT2D eigenvalue weighted by atomic mass is 9.93. The molecule has 0 spiro atoms. The van der Waals surface area contributed by atoms with E-state index in [1.54, 1.807) is 25.7 Å². The lowest BCUT2D eigenvalue weighted by Gasteiger charge is -2.39. The summed E-state index contributed by atoms with van der Waals surface area (Å²) in [6.07, 6.45) is 1.20. The Labute approximate surface area is 165 Å². The van der Waals surface area contributed by atoms with E-state index in [9.17, 15) is 14.4 Å². The molecular weight excluding hydrogens is 360 g/mol. The average Bonchev–Trinajstić information content (AvgIpc) is 3.14. The maximum absolute atomic E-state index is 13.4. The van der Waals surface area contributed by atoms with Crippen LogP contribution in [0.1, 0.15) is 44.7 Å². The molecule has 28 heavy (non-hydrogen) atoms. The minimum absolute atomic E-state index is 0.228. The van der Waals surface area contributed by atoms with Crippen molar-refractivity contribution in [1.82, 2.24) is 9.80 Å². The standard InChI is InChI=1S/C21H28N2O5/c1-21(2,3)28-20(26)23-13-15-9-6-5-8-14(15)12-17(23)18(24)22-11-7-10-16(22)19(25)27-4/h5-6,8-9,16-17H,7,10-13H2,1-4H3/t16?,17-/m1/s1. The van der Waals surface area contributed by atoms with Gasteiger partial charge in [0, 0.05) is 13.0 Å². The molecule has 2 aliphatic rings. The summed E-state index contributed by atoms with van der Waals surface area (Å²) in [5.41, 5.74) is 1.38. The first-order valence-corrected chi connectivity index (χ1v) is 9.66. The Bertz CT molecular complexity index is 770. The third-order valence-corrected chi connectivity index (χ3v) is 5.17. The van der Waals surface area contributed by atoms with Gasteiger partial charge in [-0.25, -0.2) is 9.59 Å². The van der Waals surface area contributed by atoms with Crippen molar-refractivity contribution in [2.24, 2.45) is 0 Å². The van der Waals surface area contributed by atoms with Crippen molar-refractivity contribution in [2.75, 3.05) is 13.7 Å². The van der Waals surface area contributed by atoms with Crippen LogP contribution in [0.15, 0.2) is 24.3 Å². The van der Waals surface area contributed by atoms with E-state index in [0.29, 0.717) is 25.9 Å². The molecule has 2 amide bonds. The predicted molar refractivity (Wildman–Crippen MR) is 102 cm³/mol. The summed E-state index contributed by atoms with van der Waals surface area (Å²) in [7, 11) is 1.33. The molecule has 3 rings (SSSR count). The largest absolute Gasteiger partial charge is 0.467 e. The van der Waals surface area contributed by atoms with Crippen LogP contribution in [-0.4, -0.2) is 59.1 Å². The van der Waals surface area contributed by atoms with Crippen LogP contribution in [0.25, 0.3) is 0 Å². The van der Waals surface area contributed by atoms with Crippen LogP contribution in [0.4, 0.5) is 4.79 Å². The Morgan fingerprint density at radius 1 is 1.04 bits per heavy atom. The monoisotopic (exact) mass is 388 g/mol. The Balaban J connectivity index is 1.89. The number of amides is 2. The summed E-state index contributed by atoms with van der Waals surface area (Å²) < 4.78 is 10.4. The highest BCUT2D eigenvalue weighted by molar-refractivity contribution is 5.90. The highest BCUT2D eigenvalue weighted by Gasteiger charge is 2.43. The van der Waals surface area contributed by atoms with E-state index in [1.807, 2.05) is 24.3 Å². The molecule has 0 radical (unpaired) electrons. The summed E-state index contributed by atoms with van der Waals surface area (Å²) in [4.78, 5) is 41.4. The van der Waals surface area contributed by atoms with Gasteiger partial charge < -0.3 is 14.4 Å². The summed E-state index contributed by atoms with van der Waals surface area (Å²) in [6.45, 7) is 6.19. The minimum Gasteiger partial charge on any atom is -0.467 e. The van der Waals surface area contributed by atoms with Gasteiger partial charge in [0.05, 0.1) is 13.7 Å². The number of carbonyl (C=O) groups excluding carboxylic acids is 3. The molecular formula is C21H28N2O5. The van der Waals surface area contributed by atoms with E-state index in [0.717, 1.165) is 17.5 Å². The molecule has 7 heteroatoms. The number of methoxy groups -OCH3 is 1. The van der Waals surface area contributed by atoms with Crippen LogP contribution >= 0.6 is 0 Å². The van der Waals surface area contributed by atoms with E-state index < -0.39 is 29.7 Å². The number of benzene rings is 1. The van der Waals surface area contributed by atoms with Crippen LogP contribution in [0, 0.1) is 0 Å². The van der Waals surface area contributed by atoms with Crippen molar-refractivity contribution in [3.63, 3.8) is 0 Å². The van der Waals surface area contributed by atoms with Gasteiger partial charge in [-0.1, -0.05) is 24.3 Å². The SMILES string of the molecule is COC(=O)C1CCCN1C(=O)[C@H]1Cc2ccccc2CN1C(=O)OC(C)(C)C. The van der Waals surface area contributed by atoms with Crippen molar-refractivity contribution < 1.29 is 23.9 Å². The van der Waals surface area contributed by atoms with Gasteiger partial charge in [-0.05, 0) is 44.7 Å². The summed E-state index contributed by atoms with van der Waals surface area (Å²) in [5, 5.41) is 0. The fourth-order valence-corrected chi connectivity index (χ4v) is 3.86. The molecule has 1 fully saturated rings. The molecule has 7 nitrogen and oxygen atoms in total. The summed E-state index contributed by atoms with van der Waals surface area (Å²) in [6, 6.07) is 6.49. The Hall–Kier alpha value is -2.57. The van der Waals surface area contributed by atoms with Crippen LogP contribution in [0.5, 0.6) is 0 Å². The maximum Gasteiger partial charge on any atom is 0.411 e. The number of hydrogen-bond acceptors (Lipinski definition) is 5. The van der Waals surface area contributed by atoms with Gasteiger partial charge in [-0.3, -0.25) is 9.69 Å². The third-order valence-electron chi connectivity index (χ3n) is 5.17. The van der Waals surface area contributed by atoms with Crippen LogP contribution in [0.3, 0.4) is 0 Å². The quantitative estimate of drug-likeness (QED) is 0.728. The maximum atomic E-state index is 13.4. The first kappa shape index (κ1) is 20.2. The molecule has 2 aliphatic heterocycles. The molecule has 1 aromatic rings. The lowest BCUT2D eigenvalue weighted by Crippen LogP contribution is -2.56. The normalized spacial score (nSPS) is 21.9. The van der Waals surface area contributed by atoms with Gasteiger partial charge in [-0.15, -0.1) is 0 Å². The van der Waals surface area contributed by atoms with Gasteiger partial charge in [0.15, 0.2) is 0 Å². The Morgan fingerprint density at radius 3 is 2.36 bits per heavy atom. The average molecular weight is 388 g/mol. The molecule has 0 bridgehead atoms. The van der Waals surface area contributed by atoms with Gasteiger partial charge in [0.1, 0.15) is 17.7 Å². The zero-order chi connectivity index (χ0) is 20.5. The molecule has 0 aliphatic carbocycles. The van der Waals surface area contributed by atoms with Crippen molar-refractivity contribution in [3.8, 4) is 0 Å². The highest BCUT2D eigenvalue weighted by Crippen LogP contribution is 2.29. The number of nitrogens with zero attached hydrogens (tertiary/aromatic N) is 2. The van der Waals surface area contributed by atoms with Crippen LogP contribution in [-0.2, 0) is 32.0 Å². The van der Waals surface area contributed by atoms with E-state index in [2.05, 4.69) is 0 Å². The van der Waals surface area contributed by atoms with E-state index >= 15 is 0 Å². The van der Waals surface area contributed by atoms with E-state index in [1.165, 1.54) is 12.0 Å². The second kappa shape index (κ2) is 7.81. The third kappa shape index (κ3) is 4.13. The van der Waals surface area contributed by atoms with E-state index in [-0.39, 0.29) is 5.91 Å². The number of fused-ring (bicyclic) bond motifs is 1. The predicted octanol–water partition coefficient (Wildman–Crippen LogP) is 2.51. The molecule has 0 aromatic heterocycles. The zero-order valence-corrected chi connectivity index (χ0v) is 16.9. The van der Waals surface area contributed by atoms with Crippen molar-refractivity contribution in [1.29, 1.82) is 0 Å².